The molecule has 1 N–H and O–H groups in total. The fraction of sp³-hybridized carbons (Fsp3) is 0.538. The molecule has 1 unspecified atom stereocenters. The topological polar surface area (TPSA) is 30.5 Å². The van der Waals surface area contributed by atoms with Gasteiger partial charge in [-0.15, -0.1) is 0 Å². The first-order chi connectivity index (χ1) is 7.85. The van der Waals surface area contributed by atoms with E-state index >= 15 is 0 Å². The number of hydrogen-bond donors (Lipinski definition) is 1. The molecule has 0 aliphatic carbocycles. The molecule has 1 aromatic rings. The number of benzene rings is 1. The lowest BCUT2D eigenvalue weighted by atomic mass is 10.0. The molecule has 88 valence electrons. The van der Waals surface area contributed by atoms with Crippen LogP contribution in [0, 0.1) is 0 Å². The number of nitrogens with one attached hydrogen (secondary N) is 1. The van der Waals surface area contributed by atoms with Crippen LogP contribution >= 0.6 is 0 Å². The SMILES string of the molecule is CCCC(NC)c1ccc2c(c1)OCCO2. The smallest absolute Gasteiger partial charge is 0.161 e. The van der Waals surface area contributed by atoms with Crippen LogP contribution < -0.4 is 14.8 Å². The summed E-state index contributed by atoms with van der Waals surface area (Å²) in [7, 11) is 2.00. The van der Waals surface area contributed by atoms with Crippen molar-refractivity contribution in [3.8, 4) is 11.5 Å². The van der Waals surface area contributed by atoms with Crippen molar-refractivity contribution in [2.45, 2.75) is 25.8 Å². The second kappa shape index (κ2) is 5.21. The predicted octanol–water partition coefficient (Wildman–Crippen LogP) is 2.52. The lowest BCUT2D eigenvalue weighted by Crippen LogP contribution is -2.18. The fourth-order valence-electron chi connectivity index (χ4n) is 2.04. The molecule has 0 aromatic heterocycles. The minimum Gasteiger partial charge on any atom is -0.486 e. The summed E-state index contributed by atoms with van der Waals surface area (Å²) in [4.78, 5) is 0. The summed E-state index contributed by atoms with van der Waals surface area (Å²) in [6.45, 7) is 3.49. The van der Waals surface area contributed by atoms with E-state index in [9.17, 15) is 0 Å². The van der Waals surface area contributed by atoms with Gasteiger partial charge in [0.15, 0.2) is 11.5 Å². The highest BCUT2D eigenvalue weighted by atomic mass is 16.6. The minimum atomic E-state index is 0.404. The molecule has 1 aromatic carbocycles. The Balaban J connectivity index is 2.21. The first-order valence-electron chi connectivity index (χ1n) is 5.92. The second-order valence-electron chi connectivity index (χ2n) is 4.03. The van der Waals surface area contributed by atoms with E-state index in [1.165, 1.54) is 12.0 Å². The molecule has 3 nitrogen and oxygen atoms in total. The molecule has 0 amide bonds. The van der Waals surface area contributed by atoms with E-state index in [0.717, 1.165) is 17.9 Å². The molecule has 3 heteroatoms. The molecule has 0 fully saturated rings. The Morgan fingerprint density at radius 1 is 1.25 bits per heavy atom. The van der Waals surface area contributed by atoms with Gasteiger partial charge in [0.2, 0.25) is 0 Å². The third-order valence-corrected chi connectivity index (χ3v) is 2.89. The molecule has 2 rings (SSSR count). The van der Waals surface area contributed by atoms with Crippen LogP contribution in [0.5, 0.6) is 11.5 Å². The van der Waals surface area contributed by atoms with Crippen LogP contribution in [0.3, 0.4) is 0 Å². The van der Waals surface area contributed by atoms with Gasteiger partial charge in [0, 0.05) is 6.04 Å². The van der Waals surface area contributed by atoms with Crippen LogP contribution in [0.2, 0.25) is 0 Å². The van der Waals surface area contributed by atoms with Crippen LogP contribution in [0.1, 0.15) is 31.4 Å². The van der Waals surface area contributed by atoms with Gasteiger partial charge in [-0.3, -0.25) is 0 Å². The Kier molecular flexibility index (Phi) is 3.67. The maximum Gasteiger partial charge on any atom is 0.161 e. The van der Waals surface area contributed by atoms with Crippen molar-refractivity contribution >= 4 is 0 Å². The van der Waals surface area contributed by atoms with E-state index in [1.807, 2.05) is 13.1 Å². The van der Waals surface area contributed by atoms with Crippen molar-refractivity contribution in [1.82, 2.24) is 5.32 Å². The molecule has 16 heavy (non-hydrogen) atoms. The third-order valence-electron chi connectivity index (χ3n) is 2.89. The molecular weight excluding hydrogens is 202 g/mol. The highest BCUT2D eigenvalue weighted by Crippen LogP contribution is 2.33. The van der Waals surface area contributed by atoms with Crippen molar-refractivity contribution in [3.63, 3.8) is 0 Å². The maximum atomic E-state index is 5.58. The van der Waals surface area contributed by atoms with E-state index in [4.69, 9.17) is 9.47 Å². The zero-order valence-electron chi connectivity index (χ0n) is 9.95. The monoisotopic (exact) mass is 221 g/mol. The Hall–Kier alpha value is -1.22. The van der Waals surface area contributed by atoms with Gasteiger partial charge in [-0.1, -0.05) is 19.4 Å². The molecule has 0 saturated carbocycles. The summed E-state index contributed by atoms with van der Waals surface area (Å²) < 4.78 is 11.1. The van der Waals surface area contributed by atoms with Crippen molar-refractivity contribution in [1.29, 1.82) is 0 Å². The largest absolute Gasteiger partial charge is 0.486 e. The van der Waals surface area contributed by atoms with Gasteiger partial charge in [0.25, 0.3) is 0 Å². The molecule has 1 aliphatic heterocycles. The first kappa shape index (κ1) is 11.3. The average Bonchev–Trinajstić information content (AvgIpc) is 2.35. The molecule has 0 radical (unpaired) electrons. The van der Waals surface area contributed by atoms with Gasteiger partial charge in [-0.25, -0.2) is 0 Å². The normalized spacial score (nSPS) is 15.9. The highest BCUT2D eigenvalue weighted by Gasteiger charge is 2.15. The maximum absolute atomic E-state index is 5.58. The highest BCUT2D eigenvalue weighted by molar-refractivity contribution is 5.44. The van der Waals surface area contributed by atoms with Crippen LogP contribution in [-0.2, 0) is 0 Å². The summed E-state index contributed by atoms with van der Waals surface area (Å²) in [6, 6.07) is 6.61. The summed E-state index contributed by atoms with van der Waals surface area (Å²) in [5, 5.41) is 3.33. The minimum absolute atomic E-state index is 0.404. The zero-order chi connectivity index (χ0) is 11.4. The van der Waals surface area contributed by atoms with Gasteiger partial charge < -0.3 is 14.8 Å². The van der Waals surface area contributed by atoms with Gasteiger partial charge in [-0.2, -0.15) is 0 Å². The Labute approximate surface area is 96.8 Å². The number of fused-ring (bicyclic) bond motifs is 1. The first-order valence-corrected chi connectivity index (χ1v) is 5.92. The lowest BCUT2D eigenvalue weighted by Gasteiger charge is -2.21. The van der Waals surface area contributed by atoms with Crippen molar-refractivity contribution < 1.29 is 9.47 Å². The predicted molar refractivity (Wildman–Crippen MR) is 64.1 cm³/mol. The molecule has 1 atom stereocenters. The van der Waals surface area contributed by atoms with E-state index in [1.54, 1.807) is 0 Å². The quantitative estimate of drug-likeness (QED) is 0.847. The van der Waals surface area contributed by atoms with E-state index < -0.39 is 0 Å². The summed E-state index contributed by atoms with van der Waals surface area (Å²) in [5.41, 5.74) is 1.27. The van der Waals surface area contributed by atoms with Gasteiger partial charge in [0.05, 0.1) is 0 Å². The molecule has 0 spiro atoms. The number of rotatable bonds is 4. The second-order valence-corrected chi connectivity index (χ2v) is 4.03. The van der Waals surface area contributed by atoms with Gasteiger partial charge in [0.1, 0.15) is 13.2 Å². The van der Waals surface area contributed by atoms with Crippen LogP contribution in [-0.4, -0.2) is 20.3 Å². The van der Waals surface area contributed by atoms with Crippen LogP contribution in [0.25, 0.3) is 0 Å². The van der Waals surface area contributed by atoms with E-state index in [-0.39, 0.29) is 0 Å². The lowest BCUT2D eigenvalue weighted by molar-refractivity contribution is 0.171. The van der Waals surface area contributed by atoms with Gasteiger partial charge >= 0.3 is 0 Å². The Bertz CT molecular complexity index is 352. The zero-order valence-corrected chi connectivity index (χ0v) is 9.95. The number of ether oxygens (including phenoxy) is 2. The Morgan fingerprint density at radius 3 is 2.69 bits per heavy atom. The molecule has 0 saturated heterocycles. The summed E-state index contributed by atoms with van der Waals surface area (Å²) >= 11 is 0. The molecule has 1 heterocycles. The average molecular weight is 221 g/mol. The fourth-order valence-corrected chi connectivity index (χ4v) is 2.04. The summed E-state index contributed by atoms with van der Waals surface area (Å²) in [6.07, 6.45) is 2.30. The molecular formula is C13H19NO2. The standard InChI is InChI=1S/C13H19NO2/c1-3-4-11(14-2)10-5-6-12-13(9-10)16-8-7-15-12/h5-6,9,11,14H,3-4,7-8H2,1-2H3. The van der Waals surface area contributed by atoms with Crippen LogP contribution in [0.4, 0.5) is 0 Å². The van der Waals surface area contributed by atoms with Crippen molar-refractivity contribution in [3.05, 3.63) is 23.8 Å². The van der Waals surface area contributed by atoms with Gasteiger partial charge in [-0.05, 0) is 31.2 Å². The van der Waals surface area contributed by atoms with Crippen molar-refractivity contribution in [2.24, 2.45) is 0 Å². The Morgan fingerprint density at radius 2 is 2.00 bits per heavy atom. The summed E-state index contributed by atoms with van der Waals surface area (Å²) in [5.74, 6) is 1.74. The molecule has 0 bridgehead atoms. The van der Waals surface area contributed by atoms with Crippen LogP contribution in [0.15, 0.2) is 18.2 Å². The molecule has 1 aliphatic rings. The number of hydrogen-bond acceptors (Lipinski definition) is 3. The third kappa shape index (κ3) is 2.30. The van der Waals surface area contributed by atoms with Crippen molar-refractivity contribution in [2.75, 3.05) is 20.3 Å². The van der Waals surface area contributed by atoms with E-state index in [2.05, 4.69) is 24.4 Å². The van der Waals surface area contributed by atoms with E-state index in [0.29, 0.717) is 19.3 Å².